The normalized spacial score (nSPS) is 14.4. The maximum Gasteiger partial charge on any atom is 0.146 e. The van der Waals surface area contributed by atoms with Gasteiger partial charge >= 0.3 is 0 Å². The Hall–Kier alpha value is -0.880. The Kier molecular flexibility index (Phi) is 5.34. The monoisotopic (exact) mass is 316 g/mol. The molecule has 1 heterocycles. The van der Waals surface area contributed by atoms with Crippen molar-refractivity contribution in [3.05, 3.63) is 10.8 Å². The third-order valence-electron chi connectivity index (χ3n) is 2.51. The van der Waals surface area contributed by atoms with Gasteiger partial charge in [0.25, 0.3) is 0 Å². The van der Waals surface area contributed by atoms with E-state index in [2.05, 4.69) is 50.4 Å². The highest BCUT2D eigenvalue weighted by atomic mass is 79.9. The predicted octanol–water partition coefficient (Wildman–Crippen LogP) is 2.49. The largest absolute Gasteiger partial charge is 0.388 e. The molecule has 0 aliphatic carbocycles. The lowest BCUT2D eigenvalue weighted by molar-refractivity contribution is 0.0514. The molecule has 0 bridgehead atoms. The first kappa shape index (κ1) is 15.2. The third-order valence-corrected chi connectivity index (χ3v) is 3.26. The minimum atomic E-state index is -0.752. The summed E-state index contributed by atoms with van der Waals surface area (Å²) in [6.07, 6.45) is 2.22. The molecule has 3 N–H and O–H groups in total. The molecule has 102 valence electrons. The van der Waals surface area contributed by atoms with Crippen molar-refractivity contribution in [2.75, 3.05) is 24.2 Å². The molecule has 0 radical (unpaired) electrons. The van der Waals surface area contributed by atoms with Crippen molar-refractivity contribution < 1.29 is 5.11 Å². The lowest BCUT2D eigenvalue weighted by atomic mass is 9.94. The first-order valence-electron chi connectivity index (χ1n) is 6.00. The van der Waals surface area contributed by atoms with Crippen LogP contribution in [0.1, 0.15) is 27.2 Å². The molecule has 0 aliphatic heterocycles. The lowest BCUT2D eigenvalue weighted by Gasteiger charge is -2.26. The van der Waals surface area contributed by atoms with Gasteiger partial charge in [0.1, 0.15) is 22.4 Å². The van der Waals surface area contributed by atoms with E-state index in [1.807, 2.05) is 6.92 Å². The van der Waals surface area contributed by atoms with Crippen molar-refractivity contribution in [3.63, 3.8) is 0 Å². The van der Waals surface area contributed by atoms with Crippen molar-refractivity contribution in [2.45, 2.75) is 32.8 Å². The molecule has 1 aromatic rings. The molecule has 0 aliphatic rings. The molecular weight excluding hydrogens is 296 g/mol. The quantitative estimate of drug-likeness (QED) is 0.752. The number of halogens is 1. The minimum absolute atomic E-state index is 0.448. The molecule has 1 rings (SSSR count). The molecule has 0 amide bonds. The van der Waals surface area contributed by atoms with E-state index < -0.39 is 5.60 Å². The van der Waals surface area contributed by atoms with Gasteiger partial charge in [0.2, 0.25) is 0 Å². The molecule has 1 aromatic heterocycles. The van der Waals surface area contributed by atoms with E-state index in [4.69, 9.17) is 0 Å². The van der Waals surface area contributed by atoms with E-state index >= 15 is 0 Å². The summed E-state index contributed by atoms with van der Waals surface area (Å²) < 4.78 is 0.771. The van der Waals surface area contributed by atoms with Crippen molar-refractivity contribution in [3.8, 4) is 0 Å². The standard InChI is InChI=1S/C12H21BrN4O/c1-8(2)5-12(3,18)6-15-11-9(13)10(14-4)16-7-17-11/h7-8,18H,5-6H2,1-4H3,(H2,14,15,16,17). The predicted molar refractivity (Wildman–Crippen MR) is 77.8 cm³/mol. The minimum Gasteiger partial charge on any atom is -0.388 e. The number of aliphatic hydroxyl groups is 1. The van der Waals surface area contributed by atoms with Gasteiger partial charge in [-0.2, -0.15) is 0 Å². The Balaban J connectivity index is 2.69. The van der Waals surface area contributed by atoms with Crippen molar-refractivity contribution in [1.82, 2.24) is 9.97 Å². The van der Waals surface area contributed by atoms with Crippen LogP contribution in [0.3, 0.4) is 0 Å². The van der Waals surface area contributed by atoms with E-state index in [-0.39, 0.29) is 0 Å². The summed E-state index contributed by atoms with van der Waals surface area (Å²) in [7, 11) is 1.80. The zero-order valence-electron chi connectivity index (χ0n) is 11.3. The van der Waals surface area contributed by atoms with Crippen LogP contribution in [0.2, 0.25) is 0 Å². The highest BCUT2D eigenvalue weighted by Gasteiger charge is 2.22. The number of aromatic nitrogens is 2. The first-order chi connectivity index (χ1) is 8.35. The Morgan fingerprint density at radius 1 is 1.39 bits per heavy atom. The smallest absolute Gasteiger partial charge is 0.146 e. The Morgan fingerprint density at radius 3 is 2.56 bits per heavy atom. The van der Waals surface area contributed by atoms with E-state index in [0.29, 0.717) is 18.3 Å². The SMILES string of the molecule is CNc1ncnc(NCC(C)(O)CC(C)C)c1Br. The van der Waals surface area contributed by atoms with Crippen molar-refractivity contribution in [2.24, 2.45) is 5.92 Å². The number of anilines is 2. The zero-order chi connectivity index (χ0) is 13.8. The zero-order valence-corrected chi connectivity index (χ0v) is 12.9. The van der Waals surface area contributed by atoms with Gasteiger partial charge in [0, 0.05) is 13.6 Å². The van der Waals surface area contributed by atoms with Crippen LogP contribution in [0.25, 0.3) is 0 Å². The van der Waals surface area contributed by atoms with E-state index in [1.54, 1.807) is 7.05 Å². The van der Waals surface area contributed by atoms with Gasteiger partial charge in [0.15, 0.2) is 0 Å². The molecule has 0 aromatic carbocycles. The van der Waals surface area contributed by atoms with E-state index in [9.17, 15) is 5.11 Å². The van der Waals surface area contributed by atoms with Gasteiger partial charge in [-0.1, -0.05) is 13.8 Å². The van der Waals surface area contributed by atoms with Gasteiger partial charge < -0.3 is 15.7 Å². The molecule has 0 saturated heterocycles. The fourth-order valence-corrected chi connectivity index (χ4v) is 2.44. The third kappa shape index (κ3) is 4.42. The summed E-state index contributed by atoms with van der Waals surface area (Å²) in [4.78, 5) is 8.23. The number of nitrogens with one attached hydrogen (secondary N) is 2. The Labute approximate surface area is 117 Å². The lowest BCUT2D eigenvalue weighted by Crippen LogP contribution is -2.35. The topological polar surface area (TPSA) is 70.1 Å². The maximum atomic E-state index is 10.2. The van der Waals surface area contributed by atoms with Gasteiger partial charge in [-0.3, -0.25) is 0 Å². The molecule has 0 fully saturated rings. The van der Waals surface area contributed by atoms with Gasteiger partial charge in [0.05, 0.1) is 5.60 Å². The first-order valence-corrected chi connectivity index (χ1v) is 6.79. The maximum absolute atomic E-state index is 10.2. The second kappa shape index (κ2) is 6.33. The summed E-state index contributed by atoms with van der Waals surface area (Å²) in [6.45, 7) is 6.46. The highest BCUT2D eigenvalue weighted by Crippen LogP contribution is 2.27. The summed E-state index contributed by atoms with van der Waals surface area (Å²) in [5, 5.41) is 16.3. The summed E-state index contributed by atoms with van der Waals surface area (Å²) in [5.41, 5.74) is -0.752. The second-order valence-electron chi connectivity index (χ2n) is 5.08. The van der Waals surface area contributed by atoms with Crippen LogP contribution < -0.4 is 10.6 Å². The molecule has 6 heteroatoms. The number of hydrogen-bond acceptors (Lipinski definition) is 5. The van der Waals surface area contributed by atoms with Crippen LogP contribution in [-0.4, -0.2) is 34.3 Å². The van der Waals surface area contributed by atoms with Crippen molar-refractivity contribution in [1.29, 1.82) is 0 Å². The summed E-state index contributed by atoms with van der Waals surface area (Å²) >= 11 is 3.43. The molecule has 0 spiro atoms. The number of nitrogens with zero attached hydrogens (tertiary/aromatic N) is 2. The van der Waals surface area contributed by atoms with Crippen molar-refractivity contribution >= 4 is 27.6 Å². The van der Waals surface area contributed by atoms with E-state index in [0.717, 1.165) is 16.7 Å². The van der Waals surface area contributed by atoms with Crippen LogP contribution in [0, 0.1) is 5.92 Å². The van der Waals surface area contributed by atoms with Crippen LogP contribution in [0.15, 0.2) is 10.8 Å². The molecule has 1 atom stereocenters. The summed E-state index contributed by atoms with van der Waals surface area (Å²) in [5.74, 6) is 1.85. The molecule has 18 heavy (non-hydrogen) atoms. The number of rotatable bonds is 6. The average Bonchev–Trinajstić information content (AvgIpc) is 2.26. The van der Waals surface area contributed by atoms with Gasteiger partial charge in [-0.05, 0) is 35.2 Å². The fraction of sp³-hybridized carbons (Fsp3) is 0.667. The highest BCUT2D eigenvalue weighted by molar-refractivity contribution is 9.10. The average molecular weight is 317 g/mol. The van der Waals surface area contributed by atoms with Gasteiger partial charge in [-0.25, -0.2) is 9.97 Å². The van der Waals surface area contributed by atoms with Crippen LogP contribution >= 0.6 is 15.9 Å². The van der Waals surface area contributed by atoms with Gasteiger partial charge in [-0.15, -0.1) is 0 Å². The van der Waals surface area contributed by atoms with Crippen LogP contribution in [0.4, 0.5) is 11.6 Å². The van der Waals surface area contributed by atoms with Crippen LogP contribution in [0.5, 0.6) is 0 Å². The second-order valence-corrected chi connectivity index (χ2v) is 5.88. The molecule has 5 nitrogen and oxygen atoms in total. The van der Waals surface area contributed by atoms with E-state index in [1.165, 1.54) is 6.33 Å². The van der Waals surface area contributed by atoms with Crippen LogP contribution in [-0.2, 0) is 0 Å². The number of hydrogen-bond donors (Lipinski definition) is 3. The summed E-state index contributed by atoms with van der Waals surface area (Å²) in [6, 6.07) is 0. The molecular formula is C12H21BrN4O. The molecule has 1 unspecified atom stereocenters. The Morgan fingerprint density at radius 2 is 2.00 bits per heavy atom. The molecule has 0 saturated carbocycles. The fourth-order valence-electron chi connectivity index (χ4n) is 1.89. The Bertz CT molecular complexity index is 396.